The lowest BCUT2D eigenvalue weighted by molar-refractivity contribution is -0.385. The van der Waals surface area contributed by atoms with Crippen molar-refractivity contribution in [2.24, 2.45) is 0 Å². The van der Waals surface area contributed by atoms with Crippen molar-refractivity contribution in [3.05, 3.63) is 81.0 Å². The van der Waals surface area contributed by atoms with E-state index in [1.165, 1.54) is 12.3 Å². The molecule has 7 heteroatoms. The zero-order chi connectivity index (χ0) is 18.7. The highest BCUT2D eigenvalue weighted by molar-refractivity contribution is 6.30. The monoisotopic (exact) mass is 368 g/mol. The fourth-order valence-corrected chi connectivity index (χ4v) is 2.63. The smallest absolute Gasteiger partial charge is 0.339 e. The maximum absolute atomic E-state index is 12.4. The molecule has 130 valence electrons. The summed E-state index contributed by atoms with van der Waals surface area (Å²) in [7, 11) is 0. The van der Waals surface area contributed by atoms with Gasteiger partial charge in [0.25, 0.3) is 0 Å². The van der Waals surface area contributed by atoms with Gasteiger partial charge in [0.1, 0.15) is 5.52 Å². The van der Waals surface area contributed by atoms with Gasteiger partial charge in [-0.1, -0.05) is 29.8 Å². The van der Waals surface area contributed by atoms with Gasteiger partial charge in [-0.2, -0.15) is 0 Å². The quantitative estimate of drug-likeness (QED) is 0.217. The number of fused-ring (bicyclic) bond motifs is 1. The van der Waals surface area contributed by atoms with Crippen LogP contribution in [0.5, 0.6) is 5.75 Å². The van der Waals surface area contributed by atoms with Crippen LogP contribution in [0.4, 0.5) is 5.69 Å². The maximum Gasteiger partial charge on any atom is 0.339 e. The molecule has 0 saturated carbocycles. The summed E-state index contributed by atoms with van der Waals surface area (Å²) in [6, 6.07) is 13.2. The van der Waals surface area contributed by atoms with Crippen molar-refractivity contribution in [2.45, 2.75) is 6.92 Å². The van der Waals surface area contributed by atoms with Crippen LogP contribution in [-0.2, 0) is 4.79 Å². The molecule has 0 fully saturated rings. The number of hydrogen-bond acceptors (Lipinski definition) is 5. The van der Waals surface area contributed by atoms with Crippen molar-refractivity contribution in [3.8, 4) is 5.75 Å². The number of rotatable bonds is 4. The third-order valence-corrected chi connectivity index (χ3v) is 3.89. The van der Waals surface area contributed by atoms with E-state index in [0.29, 0.717) is 10.4 Å². The van der Waals surface area contributed by atoms with Gasteiger partial charge in [0, 0.05) is 28.2 Å². The molecule has 0 amide bonds. The van der Waals surface area contributed by atoms with Crippen molar-refractivity contribution >= 4 is 40.2 Å². The molecule has 0 aliphatic carbocycles. The summed E-state index contributed by atoms with van der Waals surface area (Å²) < 4.78 is 5.34. The topological polar surface area (TPSA) is 82.3 Å². The molecule has 0 radical (unpaired) electrons. The summed E-state index contributed by atoms with van der Waals surface area (Å²) in [6.07, 6.45) is 3.08. The van der Waals surface area contributed by atoms with Crippen LogP contribution in [0, 0.1) is 10.1 Å². The summed E-state index contributed by atoms with van der Waals surface area (Å²) >= 11 is 5.93. The van der Waals surface area contributed by atoms with E-state index in [9.17, 15) is 14.9 Å². The molecule has 0 N–H and O–H groups in total. The summed E-state index contributed by atoms with van der Waals surface area (Å²) in [6.45, 7) is 1.56. The van der Waals surface area contributed by atoms with Gasteiger partial charge in [0.15, 0.2) is 0 Å². The van der Waals surface area contributed by atoms with E-state index < -0.39 is 10.9 Å². The highest BCUT2D eigenvalue weighted by atomic mass is 35.5. The van der Waals surface area contributed by atoms with E-state index in [-0.39, 0.29) is 22.5 Å². The minimum atomic E-state index is -0.703. The Hall–Kier alpha value is -3.25. The van der Waals surface area contributed by atoms with Crippen LogP contribution >= 0.6 is 11.6 Å². The van der Waals surface area contributed by atoms with Gasteiger partial charge in [0.05, 0.1) is 4.92 Å². The number of esters is 1. The van der Waals surface area contributed by atoms with E-state index in [2.05, 4.69) is 4.98 Å². The van der Waals surface area contributed by atoms with Crippen LogP contribution < -0.4 is 4.74 Å². The standard InChI is InChI=1S/C19H13ClN2O4/c1-12(10-13-4-2-6-15(20)11-13)19(23)26-18-16(22(24)25)8-7-14-5-3-9-21-17(14)18/h2-11H,1H3/b12-10+. The molecule has 0 unspecified atom stereocenters. The molecule has 0 atom stereocenters. The van der Waals surface area contributed by atoms with Crippen molar-refractivity contribution in [1.29, 1.82) is 0 Å². The first-order valence-corrected chi connectivity index (χ1v) is 8.01. The summed E-state index contributed by atoms with van der Waals surface area (Å²) in [5, 5.41) is 12.5. The zero-order valence-corrected chi connectivity index (χ0v) is 14.4. The molecule has 0 bridgehead atoms. The second kappa shape index (κ2) is 7.33. The summed E-state index contributed by atoms with van der Waals surface area (Å²) in [4.78, 5) is 27.3. The Balaban J connectivity index is 1.98. The van der Waals surface area contributed by atoms with Crippen molar-refractivity contribution in [2.75, 3.05) is 0 Å². The number of aromatic nitrogens is 1. The largest absolute Gasteiger partial charge is 0.413 e. The Labute approximate surface area is 153 Å². The van der Waals surface area contributed by atoms with E-state index in [4.69, 9.17) is 16.3 Å². The number of nitro benzene ring substituents is 1. The Kier molecular flexibility index (Phi) is 4.95. The molecule has 0 spiro atoms. The number of halogens is 1. The first-order valence-electron chi connectivity index (χ1n) is 7.64. The lowest BCUT2D eigenvalue weighted by atomic mass is 10.1. The second-order valence-electron chi connectivity index (χ2n) is 5.52. The van der Waals surface area contributed by atoms with Gasteiger partial charge >= 0.3 is 11.7 Å². The Morgan fingerprint density at radius 2 is 2.04 bits per heavy atom. The highest BCUT2D eigenvalue weighted by Gasteiger charge is 2.22. The summed E-state index contributed by atoms with van der Waals surface area (Å²) in [5.41, 5.74) is 0.928. The number of carbonyl (C=O) groups is 1. The van der Waals surface area contributed by atoms with Gasteiger partial charge in [-0.3, -0.25) is 15.1 Å². The molecule has 1 aromatic heterocycles. The van der Waals surface area contributed by atoms with Crippen LogP contribution in [0.1, 0.15) is 12.5 Å². The lowest BCUT2D eigenvalue weighted by Gasteiger charge is -2.08. The van der Waals surface area contributed by atoms with Gasteiger partial charge < -0.3 is 4.74 Å². The van der Waals surface area contributed by atoms with E-state index >= 15 is 0 Å². The third kappa shape index (κ3) is 3.70. The predicted molar refractivity (Wildman–Crippen MR) is 99.1 cm³/mol. The minimum Gasteiger partial charge on any atom is -0.413 e. The Bertz CT molecular complexity index is 1050. The minimum absolute atomic E-state index is 0.169. The van der Waals surface area contributed by atoms with Gasteiger partial charge in [-0.15, -0.1) is 0 Å². The molecule has 0 aliphatic heterocycles. The van der Waals surface area contributed by atoms with E-state index in [1.807, 2.05) is 0 Å². The van der Waals surface area contributed by atoms with Crippen LogP contribution in [-0.4, -0.2) is 15.9 Å². The molecule has 3 aromatic rings. The number of ether oxygens (including phenoxy) is 1. The first-order chi connectivity index (χ1) is 12.5. The highest BCUT2D eigenvalue weighted by Crippen LogP contribution is 2.34. The van der Waals surface area contributed by atoms with E-state index in [1.54, 1.807) is 55.5 Å². The molecular formula is C19H13ClN2O4. The molecule has 1 heterocycles. The summed E-state index contributed by atoms with van der Waals surface area (Å²) in [5.74, 6) is -0.872. The number of hydrogen-bond donors (Lipinski definition) is 0. The van der Waals surface area contributed by atoms with Crippen LogP contribution in [0.15, 0.2) is 60.3 Å². The predicted octanol–water partition coefficient (Wildman–Crippen LogP) is 4.81. The molecular weight excluding hydrogens is 356 g/mol. The molecule has 2 aromatic carbocycles. The average Bonchev–Trinajstić information content (AvgIpc) is 2.61. The van der Waals surface area contributed by atoms with Crippen LogP contribution in [0.2, 0.25) is 5.02 Å². The average molecular weight is 369 g/mol. The Morgan fingerprint density at radius 1 is 1.23 bits per heavy atom. The van der Waals surface area contributed by atoms with Crippen molar-refractivity contribution in [1.82, 2.24) is 4.98 Å². The number of nitro groups is 1. The van der Waals surface area contributed by atoms with Crippen molar-refractivity contribution < 1.29 is 14.5 Å². The maximum atomic E-state index is 12.4. The number of carbonyl (C=O) groups excluding carboxylic acids is 1. The fraction of sp³-hybridized carbons (Fsp3) is 0.0526. The number of benzene rings is 2. The third-order valence-electron chi connectivity index (χ3n) is 3.65. The van der Waals surface area contributed by atoms with E-state index in [0.717, 1.165) is 5.56 Å². The normalized spacial score (nSPS) is 11.4. The first kappa shape index (κ1) is 17.6. The number of pyridine rings is 1. The molecule has 0 aliphatic rings. The van der Waals surface area contributed by atoms with Crippen LogP contribution in [0.25, 0.3) is 17.0 Å². The Morgan fingerprint density at radius 3 is 2.77 bits per heavy atom. The molecule has 26 heavy (non-hydrogen) atoms. The lowest BCUT2D eigenvalue weighted by Crippen LogP contribution is -2.11. The second-order valence-corrected chi connectivity index (χ2v) is 5.95. The van der Waals surface area contributed by atoms with Crippen LogP contribution in [0.3, 0.4) is 0 Å². The van der Waals surface area contributed by atoms with Gasteiger partial charge in [-0.05, 0) is 42.8 Å². The van der Waals surface area contributed by atoms with Gasteiger partial charge in [0.2, 0.25) is 5.75 Å². The zero-order valence-electron chi connectivity index (χ0n) is 13.7. The SMILES string of the molecule is C/C(=C\c1cccc(Cl)c1)C(=O)Oc1c([N+](=O)[O-])ccc2cccnc12. The fourth-order valence-electron chi connectivity index (χ4n) is 2.43. The molecule has 6 nitrogen and oxygen atoms in total. The number of nitrogens with zero attached hydrogens (tertiary/aromatic N) is 2. The molecule has 3 rings (SSSR count). The molecule has 0 saturated heterocycles. The van der Waals surface area contributed by atoms with Crippen molar-refractivity contribution in [3.63, 3.8) is 0 Å². The van der Waals surface area contributed by atoms with Gasteiger partial charge in [-0.25, -0.2) is 4.79 Å².